The van der Waals surface area contributed by atoms with Gasteiger partial charge >= 0.3 is 23.1 Å². The summed E-state index contributed by atoms with van der Waals surface area (Å²) in [5.74, 6) is -0.411. The van der Waals surface area contributed by atoms with Gasteiger partial charge in [0.25, 0.3) is 0 Å². The molecule has 17 heavy (non-hydrogen) atoms. The molecule has 1 aromatic heterocycles. The van der Waals surface area contributed by atoms with Crippen molar-refractivity contribution < 1.29 is 26.5 Å². The fourth-order valence-corrected chi connectivity index (χ4v) is 1.43. The van der Waals surface area contributed by atoms with Gasteiger partial charge < -0.3 is 29.5 Å². The van der Waals surface area contributed by atoms with E-state index in [1.54, 1.807) is 26.1 Å². The van der Waals surface area contributed by atoms with E-state index in [4.69, 9.17) is 0 Å². The summed E-state index contributed by atoms with van der Waals surface area (Å²) in [6.45, 7) is 3.10. The van der Waals surface area contributed by atoms with E-state index in [0.717, 1.165) is 5.52 Å². The third-order valence-corrected chi connectivity index (χ3v) is 2.19. The van der Waals surface area contributed by atoms with Crippen LogP contribution in [0.5, 0.6) is 0 Å². The van der Waals surface area contributed by atoms with Crippen molar-refractivity contribution in [3.63, 3.8) is 0 Å². The summed E-state index contributed by atoms with van der Waals surface area (Å²) < 4.78 is 13.5. The summed E-state index contributed by atoms with van der Waals surface area (Å²) in [4.78, 5) is 0. The van der Waals surface area contributed by atoms with Crippen molar-refractivity contribution in [2.45, 2.75) is 19.4 Å². The fourth-order valence-electron chi connectivity index (χ4n) is 1.43. The molecule has 0 aliphatic rings. The van der Waals surface area contributed by atoms with Gasteiger partial charge in [0.05, 0.1) is 17.3 Å². The molecule has 0 atom stereocenters. The number of nitrogens with zero attached hydrogens (tertiary/aromatic N) is 1. The number of nitrogens with one attached hydrogen (secondary N) is 1. The Morgan fingerprint density at radius 3 is 2.47 bits per heavy atom. The second-order valence-corrected chi connectivity index (χ2v) is 3.85. The van der Waals surface area contributed by atoms with E-state index < -0.39 is 11.4 Å². The predicted molar refractivity (Wildman–Crippen MR) is 63.5 cm³/mol. The molecular weight excluding hydrogens is 299 g/mol. The van der Waals surface area contributed by atoms with E-state index >= 15 is 0 Å². The predicted octanol–water partition coefficient (Wildman–Crippen LogP) is -0.997. The van der Waals surface area contributed by atoms with E-state index in [-0.39, 0.29) is 53.0 Å². The van der Waals surface area contributed by atoms with Crippen LogP contribution in [0.4, 0.5) is 4.39 Å². The third kappa shape index (κ3) is 3.91. The van der Waals surface area contributed by atoms with Crippen LogP contribution in [-0.2, 0) is 5.60 Å². The maximum Gasteiger partial charge on any atom is 2.00 e. The SMILES string of the molecule is CC(C)(O)c1cc2[nH]ncc2cc1F.[Br-].[CH3-].[Mg+2]. The fraction of sp³-hybridized carbons (Fsp3) is 0.273. The minimum absolute atomic E-state index is 0. The number of H-pyrrole nitrogens is 1. The Morgan fingerprint density at radius 1 is 1.35 bits per heavy atom. The first-order chi connectivity index (χ1) is 6.48. The molecule has 0 bridgehead atoms. The molecule has 0 saturated carbocycles. The molecule has 2 N–H and O–H groups in total. The Bertz CT molecular complexity index is 482. The first-order valence-corrected chi connectivity index (χ1v) is 4.34. The van der Waals surface area contributed by atoms with Crippen molar-refractivity contribution in [1.29, 1.82) is 0 Å². The maximum atomic E-state index is 13.5. The molecule has 2 rings (SSSR count). The Morgan fingerprint density at radius 2 is 1.94 bits per heavy atom. The number of aliphatic hydroxyl groups is 1. The largest absolute Gasteiger partial charge is 2.00 e. The molecule has 2 aromatic rings. The zero-order valence-corrected chi connectivity index (χ0v) is 13.1. The van der Waals surface area contributed by atoms with E-state index in [1.165, 1.54) is 6.07 Å². The van der Waals surface area contributed by atoms with Gasteiger partial charge in [-0.3, -0.25) is 5.10 Å². The number of hydrogen-bond donors (Lipinski definition) is 2. The van der Waals surface area contributed by atoms with Gasteiger partial charge in [-0.15, -0.1) is 0 Å². The summed E-state index contributed by atoms with van der Waals surface area (Å²) >= 11 is 0. The van der Waals surface area contributed by atoms with Crippen LogP contribution in [0.3, 0.4) is 0 Å². The molecule has 0 spiro atoms. The van der Waals surface area contributed by atoms with Crippen LogP contribution in [0.15, 0.2) is 18.3 Å². The molecule has 0 aliphatic heterocycles. The van der Waals surface area contributed by atoms with E-state index in [1.807, 2.05) is 0 Å². The molecule has 0 amide bonds. The van der Waals surface area contributed by atoms with Crippen molar-refractivity contribution in [1.82, 2.24) is 10.2 Å². The molecule has 0 aliphatic carbocycles. The van der Waals surface area contributed by atoms with E-state index in [0.29, 0.717) is 5.39 Å². The molecule has 1 aromatic carbocycles. The Kier molecular flexibility index (Phi) is 7.53. The van der Waals surface area contributed by atoms with Crippen LogP contribution in [-0.4, -0.2) is 38.4 Å². The van der Waals surface area contributed by atoms with Crippen LogP contribution >= 0.6 is 0 Å². The van der Waals surface area contributed by atoms with Crippen molar-refractivity contribution in [2.75, 3.05) is 0 Å². The summed E-state index contributed by atoms with van der Waals surface area (Å²) in [6, 6.07) is 2.95. The zero-order chi connectivity index (χ0) is 10.3. The summed E-state index contributed by atoms with van der Waals surface area (Å²) in [6.07, 6.45) is 1.55. The molecule has 0 fully saturated rings. The molecule has 0 saturated heterocycles. The normalized spacial score (nSPS) is 10.1. The van der Waals surface area contributed by atoms with Crippen LogP contribution in [0.2, 0.25) is 0 Å². The van der Waals surface area contributed by atoms with Gasteiger partial charge in [-0.05, 0) is 26.0 Å². The number of aromatic nitrogens is 2. The monoisotopic (exact) mass is 312 g/mol. The molecule has 0 radical (unpaired) electrons. The van der Waals surface area contributed by atoms with Gasteiger partial charge in [-0.25, -0.2) is 4.39 Å². The molecule has 3 nitrogen and oxygen atoms in total. The van der Waals surface area contributed by atoms with Crippen molar-refractivity contribution >= 4 is 34.0 Å². The number of rotatable bonds is 1. The molecular formula is C11H14BrFMgN2O. The number of hydrogen-bond acceptors (Lipinski definition) is 2. The molecule has 6 heteroatoms. The number of aromatic amines is 1. The minimum Gasteiger partial charge on any atom is -1.00 e. The molecule has 1 heterocycles. The maximum absolute atomic E-state index is 13.5. The van der Waals surface area contributed by atoms with E-state index in [2.05, 4.69) is 10.2 Å². The Labute approximate surface area is 127 Å². The van der Waals surface area contributed by atoms with Gasteiger partial charge in [-0.1, -0.05) is 0 Å². The standard InChI is InChI=1S/C10H11FN2O.CH3.BrH.Mg/c1-10(2,14)7-4-9-6(3-8(7)11)5-12-13-9;;;/h3-5,14H,1-2H3,(H,12,13);1H3;1H;/q;-1;;+2/p-1. The van der Waals surface area contributed by atoms with Crippen LogP contribution in [0.25, 0.3) is 10.9 Å². The van der Waals surface area contributed by atoms with Gasteiger partial charge in [0.2, 0.25) is 0 Å². The Hall–Kier alpha value is -0.174. The van der Waals surface area contributed by atoms with E-state index in [9.17, 15) is 9.50 Å². The smallest absolute Gasteiger partial charge is 1.00 e. The van der Waals surface area contributed by atoms with Crippen molar-refractivity contribution in [3.8, 4) is 0 Å². The van der Waals surface area contributed by atoms with Crippen LogP contribution < -0.4 is 17.0 Å². The topological polar surface area (TPSA) is 48.9 Å². The van der Waals surface area contributed by atoms with Crippen LogP contribution in [0.1, 0.15) is 19.4 Å². The average Bonchev–Trinajstić information content (AvgIpc) is 2.47. The second-order valence-electron chi connectivity index (χ2n) is 3.85. The van der Waals surface area contributed by atoms with Crippen LogP contribution in [0, 0.1) is 13.2 Å². The van der Waals surface area contributed by atoms with Crippen molar-refractivity contribution in [3.05, 3.63) is 37.1 Å². The van der Waals surface area contributed by atoms with Crippen molar-refractivity contribution in [2.24, 2.45) is 0 Å². The molecule has 90 valence electrons. The quantitative estimate of drug-likeness (QED) is 0.524. The number of benzene rings is 1. The summed E-state index contributed by atoms with van der Waals surface area (Å²) in [7, 11) is 0. The number of fused-ring (bicyclic) bond motifs is 1. The summed E-state index contributed by atoms with van der Waals surface area (Å²) in [5, 5.41) is 16.9. The summed E-state index contributed by atoms with van der Waals surface area (Å²) in [5.41, 5.74) is -0.179. The van der Waals surface area contributed by atoms with Gasteiger partial charge in [0, 0.05) is 10.9 Å². The van der Waals surface area contributed by atoms with Gasteiger partial charge in [0.1, 0.15) is 5.82 Å². The zero-order valence-electron chi connectivity index (χ0n) is 10.1. The second kappa shape index (κ2) is 6.68. The molecule has 0 unspecified atom stereocenters. The first-order valence-electron chi connectivity index (χ1n) is 4.34. The third-order valence-electron chi connectivity index (χ3n) is 2.19. The minimum atomic E-state index is -1.18. The number of halogens is 2. The average molecular weight is 313 g/mol. The van der Waals surface area contributed by atoms with Gasteiger partial charge in [-0.2, -0.15) is 5.10 Å². The Balaban J connectivity index is 0. The van der Waals surface area contributed by atoms with Gasteiger partial charge in [0.15, 0.2) is 0 Å². The first kappa shape index (κ1) is 19.2.